The van der Waals surface area contributed by atoms with Gasteiger partial charge in [0.05, 0.1) is 18.7 Å². The SMILES string of the molecule is COc1ccccc1N1C[C@H](C(=O)Nc2ccc(Oc3ccc(Br)cc3)cc2)CC1=O. The van der Waals surface area contributed by atoms with Crippen molar-refractivity contribution >= 4 is 39.1 Å². The summed E-state index contributed by atoms with van der Waals surface area (Å²) in [6.07, 6.45) is 0.161. The number of anilines is 2. The number of methoxy groups -OCH3 is 1. The van der Waals surface area contributed by atoms with E-state index in [4.69, 9.17) is 9.47 Å². The number of rotatable bonds is 6. The van der Waals surface area contributed by atoms with E-state index in [9.17, 15) is 9.59 Å². The van der Waals surface area contributed by atoms with E-state index < -0.39 is 5.92 Å². The lowest BCUT2D eigenvalue weighted by atomic mass is 10.1. The molecule has 1 saturated heterocycles. The molecule has 0 spiro atoms. The van der Waals surface area contributed by atoms with Crippen LogP contribution in [0.15, 0.2) is 77.3 Å². The fourth-order valence-electron chi connectivity index (χ4n) is 3.46. The Bertz CT molecular complexity index is 1080. The highest BCUT2D eigenvalue weighted by atomic mass is 79.9. The Labute approximate surface area is 188 Å². The van der Waals surface area contributed by atoms with E-state index in [1.807, 2.05) is 42.5 Å². The summed E-state index contributed by atoms with van der Waals surface area (Å²) >= 11 is 3.39. The second kappa shape index (κ2) is 9.22. The maximum Gasteiger partial charge on any atom is 0.229 e. The van der Waals surface area contributed by atoms with Crippen LogP contribution in [0.25, 0.3) is 0 Å². The first kappa shape index (κ1) is 20.9. The first-order chi connectivity index (χ1) is 15.0. The number of carbonyl (C=O) groups excluding carboxylic acids is 2. The average Bonchev–Trinajstić information content (AvgIpc) is 3.18. The molecule has 2 amide bonds. The fraction of sp³-hybridized carbons (Fsp3) is 0.167. The number of benzene rings is 3. The summed E-state index contributed by atoms with van der Waals surface area (Å²) in [5.41, 5.74) is 1.33. The third-order valence-electron chi connectivity index (χ3n) is 5.04. The molecule has 3 aromatic carbocycles. The normalized spacial score (nSPS) is 15.6. The number of para-hydroxylation sites is 2. The molecule has 1 N–H and O–H groups in total. The van der Waals surface area contributed by atoms with Crippen LogP contribution >= 0.6 is 15.9 Å². The van der Waals surface area contributed by atoms with Gasteiger partial charge in [-0.3, -0.25) is 9.59 Å². The molecule has 3 aromatic rings. The molecule has 0 aromatic heterocycles. The number of hydrogen-bond donors (Lipinski definition) is 1. The molecule has 1 atom stereocenters. The minimum Gasteiger partial charge on any atom is -0.495 e. The number of ether oxygens (including phenoxy) is 2. The van der Waals surface area contributed by atoms with Crippen molar-refractivity contribution in [1.82, 2.24) is 0 Å². The van der Waals surface area contributed by atoms with E-state index in [2.05, 4.69) is 21.2 Å². The van der Waals surface area contributed by atoms with Gasteiger partial charge in [-0.05, 0) is 60.7 Å². The van der Waals surface area contributed by atoms with Crippen LogP contribution in [0, 0.1) is 5.92 Å². The van der Waals surface area contributed by atoms with Crippen LogP contribution in [0.2, 0.25) is 0 Å². The third-order valence-corrected chi connectivity index (χ3v) is 5.57. The van der Waals surface area contributed by atoms with Crippen molar-refractivity contribution in [3.8, 4) is 17.2 Å². The lowest BCUT2D eigenvalue weighted by molar-refractivity contribution is -0.122. The van der Waals surface area contributed by atoms with Crippen LogP contribution in [0.3, 0.4) is 0 Å². The average molecular weight is 481 g/mol. The monoisotopic (exact) mass is 480 g/mol. The Hall–Kier alpha value is -3.32. The zero-order valence-electron chi connectivity index (χ0n) is 16.9. The van der Waals surface area contributed by atoms with Crippen molar-refractivity contribution in [2.75, 3.05) is 23.9 Å². The molecule has 0 bridgehead atoms. The molecule has 4 rings (SSSR count). The Kier molecular flexibility index (Phi) is 6.23. The van der Waals surface area contributed by atoms with Crippen molar-refractivity contribution in [2.45, 2.75) is 6.42 Å². The lowest BCUT2D eigenvalue weighted by Crippen LogP contribution is -2.28. The number of amides is 2. The largest absolute Gasteiger partial charge is 0.495 e. The molecule has 6 nitrogen and oxygen atoms in total. The second-order valence-electron chi connectivity index (χ2n) is 7.15. The molecular formula is C24H21BrN2O4. The minimum absolute atomic E-state index is 0.0945. The maximum absolute atomic E-state index is 12.7. The van der Waals surface area contributed by atoms with Crippen molar-refractivity contribution < 1.29 is 19.1 Å². The van der Waals surface area contributed by atoms with Crippen LogP contribution < -0.4 is 19.7 Å². The Morgan fingerprint density at radius 2 is 1.65 bits per heavy atom. The highest BCUT2D eigenvalue weighted by Gasteiger charge is 2.36. The van der Waals surface area contributed by atoms with E-state index >= 15 is 0 Å². The Morgan fingerprint density at radius 1 is 1.00 bits per heavy atom. The molecular weight excluding hydrogens is 460 g/mol. The maximum atomic E-state index is 12.7. The van der Waals surface area contributed by atoms with E-state index in [0.717, 1.165) is 10.2 Å². The van der Waals surface area contributed by atoms with Gasteiger partial charge in [0.25, 0.3) is 0 Å². The Morgan fingerprint density at radius 3 is 2.32 bits per heavy atom. The molecule has 0 aliphatic carbocycles. The molecule has 1 aliphatic heterocycles. The van der Waals surface area contributed by atoms with Crippen LogP contribution in [0.5, 0.6) is 17.2 Å². The first-order valence-corrected chi connectivity index (χ1v) is 10.6. The summed E-state index contributed by atoms with van der Waals surface area (Å²) in [5, 5.41) is 2.89. The van der Waals surface area contributed by atoms with E-state index in [1.54, 1.807) is 42.3 Å². The number of halogens is 1. The van der Waals surface area contributed by atoms with Gasteiger partial charge in [0, 0.05) is 23.1 Å². The van der Waals surface area contributed by atoms with E-state index in [1.165, 1.54) is 0 Å². The molecule has 1 heterocycles. The quantitative estimate of drug-likeness (QED) is 0.523. The van der Waals surface area contributed by atoms with Crippen LogP contribution in [-0.2, 0) is 9.59 Å². The summed E-state index contributed by atoms with van der Waals surface area (Å²) in [6, 6.07) is 22.0. The molecule has 1 fully saturated rings. The molecule has 0 unspecified atom stereocenters. The van der Waals surface area contributed by atoms with Crippen LogP contribution in [0.4, 0.5) is 11.4 Å². The Balaban J connectivity index is 1.38. The molecule has 31 heavy (non-hydrogen) atoms. The minimum atomic E-state index is -0.434. The fourth-order valence-corrected chi connectivity index (χ4v) is 3.72. The van der Waals surface area contributed by atoms with Crippen molar-refractivity contribution in [2.24, 2.45) is 5.92 Å². The summed E-state index contributed by atoms with van der Waals surface area (Å²) in [6.45, 7) is 0.315. The highest BCUT2D eigenvalue weighted by Crippen LogP contribution is 2.33. The predicted octanol–water partition coefficient (Wildman–Crippen LogP) is 5.24. The van der Waals surface area contributed by atoms with Gasteiger partial charge >= 0.3 is 0 Å². The number of nitrogens with one attached hydrogen (secondary N) is 1. The van der Waals surface area contributed by atoms with Crippen molar-refractivity contribution in [3.63, 3.8) is 0 Å². The van der Waals surface area contributed by atoms with Gasteiger partial charge in [-0.25, -0.2) is 0 Å². The summed E-state index contributed by atoms with van der Waals surface area (Å²) in [4.78, 5) is 26.9. The van der Waals surface area contributed by atoms with Gasteiger partial charge < -0.3 is 19.7 Å². The molecule has 0 saturated carbocycles. The van der Waals surface area contributed by atoms with Crippen molar-refractivity contribution in [3.05, 3.63) is 77.3 Å². The second-order valence-corrected chi connectivity index (χ2v) is 8.06. The highest BCUT2D eigenvalue weighted by molar-refractivity contribution is 9.10. The topological polar surface area (TPSA) is 67.9 Å². The van der Waals surface area contributed by atoms with Gasteiger partial charge in [-0.1, -0.05) is 28.1 Å². The molecule has 1 aliphatic rings. The summed E-state index contributed by atoms with van der Waals surface area (Å²) in [5.74, 6) is 1.28. The van der Waals surface area contributed by atoms with Gasteiger partial charge in [-0.2, -0.15) is 0 Å². The smallest absolute Gasteiger partial charge is 0.229 e. The van der Waals surface area contributed by atoms with E-state index in [-0.39, 0.29) is 18.2 Å². The van der Waals surface area contributed by atoms with Gasteiger partial charge in [0.2, 0.25) is 11.8 Å². The number of hydrogen-bond acceptors (Lipinski definition) is 4. The number of carbonyl (C=O) groups is 2. The van der Waals surface area contributed by atoms with Gasteiger partial charge in [0.1, 0.15) is 17.2 Å². The molecule has 158 valence electrons. The van der Waals surface area contributed by atoms with E-state index in [0.29, 0.717) is 29.4 Å². The zero-order chi connectivity index (χ0) is 21.8. The van der Waals surface area contributed by atoms with Gasteiger partial charge in [0.15, 0.2) is 0 Å². The third kappa shape index (κ3) is 4.88. The lowest BCUT2D eigenvalue weighted by Gasteiger charge is -2.19. The number of nitrogens with zero attached hydrogens (tertiary/aromatic N) is 1. The van der Waals surface area contributed by atoms with Crippen molar-refractivity contribution in [1.29, 1.82) is 0 Å². The summed E-state index contributed by atoms with van der Waals surface area (Å²) < 4.78 is 12.1. The van der Waals surface area contributed by atoms with Gasteiger partial charge in [-0.15, -0.1) is 0 Å². The van der Waals surface area contributed by atoms with Crippen LogP contribution in [0.1, 0.15) is 6.42 Å². The van der Waals surface area contributed by atoms with Crippen LogP contribution in [-0.4, -0.2) is 25.5 Å². The molecule has 0 radical (unpaired) electrons. The standard InChI is InChI=1S/C24H21BrN2O4/c1-30-22-5-3-2-4-21(22)27-15-16(14-23(27)28)24(29)26-18-8-12-20(13-9-18)31-19-10-6-17(25)7-11-19/h2-13,16H,14-15H2,1H3,(H,26,29)/t16-/m1/s1. The zero-order valence-corrected chi connectivity index (χ0v) is 18.5. The molecule has 7 heteroatoms. The first-order valence-electron chi connectivity index (χ1n) is 9.81. The predicted molar refractivity (Wildman–Crippen MR) is 123 cm³/mol. The summed E-state index contributed by atoms with van der Waals surface area (Å²) in [7, 11) is 1.56.